The number of ether oxygens (including phenoxy) is 1. The number of nitrogens with zero attached hydrogens (tertiary/aromatic N) is 4. The van der Waals surface area contributed by atoms with E-state index in [2.05, 4.69) is 36.2 Å². The summed E-state index contributed by atoms with van der Waals surface area (Å²) in [4.78, 5) is 12.4. The minimum Gasteiger partial charge on any atom is -0.432 e. The fourth-order valence-electron chi connectivity index (χ4n) is 2.49. The molecule has 0 atom stereocenters. The Balaban J connectivity index is 1.75. The number of rotatable bonds is 6. The molecule has 0 aliphatic heterocycles. The van der Waals surface area contributed by atoms with Gasteiger partial charge in [-0.15, -0.1) is 0 Å². The number of anilines is 1. The smallest absolute Gasteiger partial charge is 0.387 e. The molecule has 3 aromatic rings. The van der Waals surface area contributed by atoms with Gasteiger partial charge in [0.25, 0.3) is 5.91 Å². The van der Waals surface area contributed by atoms with Crippen LogP contribution >= 0.6 is 15.9 Å². The van der Waals surface area contributed by atoms with E-state index in [1.807, 2.05) is 13.8 Å². The lowest BCUT2D eigenvalue weighted by molar-refractivity contribution is -0.0495. The van der Waals surface area contributed by atoms with Gasteiger partial charge in [-0.3, -0.25) is 9.48 Å². The Labute approximate surface area is 166 Å². The van der Waals surface area contributed by atoms with Gasteiger partial charge in [-0.05, 0) is 48.0 Å². The highest BCUT2D eigenvalue weighted by atomic mass is 79.9. The van der Waals surface area contributed by atoms with Crippen molar-refractivity contribution in [2.45, 2.75) is 27.1 Å². The molecular formula is C17H15BrF3N5O2. The van der Waals surface area contributed by atoms with E-state index in [0.29, 0.717) is 0 Å². The summed E-state index contributed by atoms with van der Waals surface area (Å²) >= 11 is 3.44. The Morgan fingerprint density at radius 1 is 1.29 bits per heavy atom. The van der Waals surface area contributed by atoms with Crippen LogP contribution < -0.4 is 10.1 Å². The highest BCUT2D eigenvalue weighted by Crippen LogP contribution is 2.27. The third kappa shape index (κ3) is 4.35. The quantitative estimate of drug-likeness (QED) is 0.607. The molecule has 0 bridgehead atoms. The monoisotopic (exact) mass is 457 g/mol. The maximum absolute atomic E-state index is 13.3. The van der Waals surface area contributed by atoms with Crippen LogP contribution in [-0.4, -0.2) is 32.1 Å². The van der Waals surface area contributed by atoms with Gasteiger partial charge >= 0.3 is 6.61 Å². The molecule has 0 saturated carbocycles. The Hall–Kier alpha value is -2.82. The third-order valence-corrected chi connectivity index (χ3v) is 5.00. The maximum atomic E-state index is 13.3. The Morgan fingerprint density at radius 2 is 2.04 bits per heavy atom. The number of aromatic nitrogens is 4. The summed E-state index contributed by atoms with van der Waals surface area (Å²) in [5.41, 5.74) is 1.68. The SMILES string of the molecule is Cc1nn(Cn2ccc(C(=O)Nc3ccc(F)cc3OC(F)F)n2)c(C)c1Br. The summed E-state index contributed by atoms with van der Waals surface area (Å²) in [7, 11) is 0. The van der Waals surface area contributed by atoms with Crippen molar-refractivity contribution in [2.75, 3.05) is 5.32 Å². The molecule has 28 heavy (non-hydrogen) atoms. The molecule has 2 aromatic heterocycles. The van der Waals surface area contributed by atoms with Crippen LogP contribution in [0, 0.1) is 19.7 Å². The van der Waals surface area contributed by atoms with Gasteiger partial charge in [0.15, 0.2) is 11.4 Å². The minimum absolute atomic E-state index is 0.0490. The molecule has 148 valence electrons. The second-order valence-corrected chi connectivity index (χ2v) is 6.63. The summed E-state index contributed by atoms with van der Waals surface area (Å²) in [6.45, 7) is 0.871. The second kappa shape index (κ2) is 8.05. The molecule has 1 N–H and O–H groups in total. The first-order chi connectivity index (χ1) is 13.2. The van der Waals surface area contributed by atoms with E-state index >= 15 is 0 Å². The Kier molecular flexibility index (Phi) is 5.73. The van der Waals surface area contributed by atoms with Crippen molar-refractivity contribution in [3.8, 4) is 5.75 Å². The van der Waals surface area contributed by atoms with E-state index in [-0.39, 0.29) is 18.1 Å². The maximum Gasteiger partial charge on any atom is 0.387 e. The van der Waals surface area contributed by atoms with Crippen LogP contribution in [0.2, 0.25) is 0 Å². The molecule has 0 aliphatic rings. The zero-order valence-electron chi connectivity index (χ0n) is 14.8. The second-order valence-electron chi connectivity index (χ2n) is 5.84. The van der Waals surface area contributed by atoms with Crippen LogP contribution in [0.3, 0.4) is 0 Å². The number of aryl methyl sites for hydroxylation is 1. The van der Waals surface area contributed by atoms with E-state index in [1.165, 1.54) is 10.7 Å². The predicted molar refractivity (Wildman–Crippen MR) is 98.0 cm³/mol. The number of amides is 1. The number of alkyl halides is 2. The highest BCUT2D eigenvalue weighted by Gasteiger charge is 2.16. The standard InChI is InChI=1S/C17H15BrF3N5O2/c1-9-15(18)10(2)26(23-9)8-25-6-5-13(24-25)16(27)22-12-4-3-11(19)7-14(12)28-17(20)21/h3-7,17H,8H2,1-2H3,(H,22,27). The van der Waals surface area contributed by atoms with Crippen LogP contribution in [0.25, 0.3) is 0 Å². The van der Waals surface area contributed by atoms with Gasteiger partial charge in [-0.2, -0.15) is 19.0 Å². The van der Waals surface area contributed by atoms with Crippen molar-refractivity contribution < 1.29 is 22.7 Å². The average molecular weight is 458 g/mol. The van der Waals surface area contributed by atoms with E-state index in [0.717, 1.165) is 34.1 Å². The Morgan fingerprint density at radius 3 is 2.68 bits per heavy atom. The van der Waals surface area contributed by atoms with Gasteiger partial charge in [-0.1, -0.05) is 0 Å². The number of hydrogen-bond donors (Lipinski definition) is 1. The van der Waals surface area contributed by atoms with Gasteiger partial charge < -0.3 is 10.1 Å². The van der Waals surface area contributed by atoms with Crippen LogP contribution in [-0.2, 0) is 6.67 Å². The number of carbonyl (C=O) groups excluding carboxylic acids is 1. The third-order valence-electron chi connectivity index (χ3n) is 3.85. The number of carbonyl (C=O) groups is 1. The topological polar surface area (TPSA) is 74.0 Å². The molecule has 0 saturated heterocycles. The lowest BCUT2D eigenvalue weighted by Crippen LogP contribution is -2.16. The van der Waals surface area contributed by atoms with Gasteiger partial charge in [0.05, 0.1) is 21.5 Å². The molecule has 2 heterocycles. The van der Waals surface area contributed by atoms with Gasteiger partial charge in [0.2, 0.25) is 0 Å². The summed E-state index contributed by atoms with van der Waals surface area (Å²) in [6, 6.07) is 4.39. The molecule has 0 aliphatic carbocycles. The van der Waals surface area contributed by atoms with Crippen molar-refractivity contribution in [1.29, 1.82) is 0 Å². The molecule has 0 fully saturated rings. The van der Waals surface area contributed by atoms with Crippen LogP contribution in [0.4, 0.5) is 18.9 Å². The molecule has 7 nitrogen and oxygen atoms in total. The van der Waals surface area contributed by atoms with Crippen molar-refractivity contribution >= 4 is 27.5 Å². The van der Waals surface area contributed by atoms with Crippen molar-refractivity contribution in [2.24, 2.45) is 0 Å². The normalized spacial score (nSPS) is 11.1. The van der Waals surface area contributed by atoms with Gasteiger partial charge in [0, 0.05) is 12.3 Å². The van der Waals surface area contributed by atoms with E-state index in [1.54, 1.807) is 10.9 Å². The van der Waals surface area contributed by atoms with Crippen LogP contribution in [0.5, 0.6) is 5.75 Å². The molecule has 0 spiro atoms. The van der Waals surface area contributed by atoms with E-state index in [4.69, 9.17) is 0 Å². The number of nitrogens with one attached hydrogen (secondary N) is 1. The predicted octanol–water partition coefficient (Wildman–Crippen LogP) is 3.96. The van der Waals surface area contributed by atoms with Crippen molar-refractivity contribution in [3.63, 3.8) is 0 Å². The van der Waals surface area contributed by atoms with E-state index in [9.17, 15) is 18.0 Å². The summed E-state index contributed by atoms with van der Waals surface area (Å²) in [5, 5.41) is 10.9. The molecule has 0 radical (unpaired) electrons. The summed E-state index contributed by atoms with van der Waals surface area (Å²) < 4.78 is 46.6. The number of hydrogen-bond acceptors (Lipinski definition) is 4. The largest absolute Gasteiger partial charge is 0.432 e. The number of halogens is 4. The first-order valence-electron chi connectivity index (χ1n) is 8.03. The zero-order valence-corrected chi connectivity index (χ0v) is 16.4. The highest BCUT2D eigenvalue weighted by molar-refractivity contribution is 9.10. The summed E-state index contributed by atoms with van der Waals surface area (Å²) in [6.07, 6.45) is 1.58. The molecule has 11 heteroatoms. The molecule has 1 amide bonds. The molecular weight excluding hydrogens is 443 g/mol. The minimum atomic E-state index is -3.16. The molecule has 0 unspecified atom stereocenters. The fraction of sp³-hybridized carbons (Fsp3) is 0.235. The van der Waals surface area contributed by atoms with Crippen molar-refractivity contribution in [1.82, 2.24) is 19.6 Å². The number of benzene rings is 1. The van der Waals surface area contributed by atoms with Crippen LogP contribution in [0.1, 0.15) is 21.9 Å². The zero-order chi connectivity index (χ0) is 20.4. The average Bonchev–Trinajstić information content (AvgIpc) is 3.18. The fourth-order valence-corrected chi connectivity index (χ4v) is 2.77. The van der Waals surface area contributed by atoms with Crippen LogP contribution in [0.15, 0.2) is 34.9 Å². The molecule has 3 rings (SSSR count). The van der Waals surface area contributed by atoms with Crippen molar-refractivity contribution in [3.05, 3.63) is 57.8 Å². The van der Waals surface area contributed by atoms with E-state index < -0.39 is 24.1 Å². The first-order valence-corrected chi connectivity index (χ1v) is 8.82. The lowest BCUT2D eigenvalue weighted by Gasteiger charge is -2.11. The lowest BCUT2D eigenvalue weighted by atomic mass is 10.2. The first kappa shape index (κ1) is 19.9. The van der Waals surface area contributed by atoms with Gasteiger partial charge in [-0.25, -0.2) is 9.07 Å². The molecule has 1 aromatic carbocycles. The summed E-state index contributed by atoms with van der Waals surface area (Å²) in [5.74, 6) is -1.90. The van der Waals surface area contributed by atoms with Gasteiger partial charge in [0.1, 0.15) is 12.5 Å². The Bertz CT molecular complexity index is 1020.